The molecule has 2 aromatic heterocycles. The topological polar surface area (TPSA) is 59.3 Å². The molecule has 6 heteroatoms. The predicted molar refractivity (Wildman–Crippen MR) is 121 cm³/mol. The Morgan fingerprint density at radius 3 is 2.52 bits per heavy atom. The molecule has 0 atom stereocenters. The third-order valence-electron chi connectivity index (χ3n) is 5.35. The Morgan fingerprint density at radius 1 is 1.10 bits per heavy atom. The predicted octanol–water partition coefficient (Wildman–Crippen LogP) is 4.69. The molecular formula is C25H19ClN4O. The first-order valence-corrected chi connectivity index (χ1v) is 10.5. The lowest BCUT2D eigenvalue weighted by Crippen LogP contribution is -2.17. The first kappa shape index (κ1) is 19.3. The van der Waals surface area contributed by atoms with Gasteiger partial charge in [-0.3, -0.25) is 4.79 Å². The summed E-state index contributed by atoms with van der Waals surface area (Å²) in [6.07, 6.45) is 4.10. The van der Waals surface area contributed by atoms with Gasteiger partial charge in [-0.15, -0.1) is 0 Å². The highest BCUT2D eigenvalue weighted by Gasteiger charge is 2.28. The number of hydrogen-bond donors (Lipinski definition) is 1. The first-order valence-electron chi connectivity index (χ1n) is 10.1. The molecule has 1 fully saturated rings. The molecule has 2 heterocycles. The quantitative estimate of drug-likeness (QED) is 0.483. The van der Waals surface area contributed by atoms with E-state index in [0.717, 1.165) is 46.6 Å². The number of benzene rings is 2. The molecule has 0 unspecified atom stereocenters. The zero-order valence-electron chi connectivity index (χ0n) is 16.9. The summed E-state index contributed by atoms with van der Waals surface area (Å²) in [5, 5.41) is 7.88. The van der Waals surface area contributed by atoms with Crippen LogP contribution in [0.4, 0.5) is 0 Å². The molecule has 2 aromatic carbocycles. The Hall–Kier alpha value is -3.62. The van der Waals surface area contributed by atoms with Crippen LogP contribution >= 0.6 is 11.6 Å². The normalized spacial score (nSPS) is 13.0. The molecule has 0 spiro atoms. The summed E-state index contributed by atoms with van der Waals surface area (Å²) in [7, 11) is 1.61. The van der Waals surface area contributed by atoms with Crippen molar-refractivity contribution in [3.63, 3.8) is 0 Å². The van der Waals surface area contributed by atoms with E-state index in [1.807, 2.05) is 40.9 Å². The average molecular weight is 427 g/mol. The van der Waals surface area contributed by atoms with E-state index in [4.69, 9.17) is 16.6 Å². The van der Waals surface area contributed by atoms with Crippen LogP contribution < -0.4 is 5.32 Å². The smallest absolute Gasteiger partial charge is 0.251 e. The number of carbonyl (C=O) groups excluding carboxylic acids is 1. The number of nitrogens with zero attached hydrogens (tertiary/aromatic N) is 3. The zero-order valence-corrected chi connectivity index (χ0v) is 17.6. The van der Waals surface area contributed by atoms with Crippen LogP contribution in [0.15, 0.2) is 60.8 Å². The molecule has 31 heavy (non-hydrogen) atoms. The third kappa shape index (κ3) is 3.90. The van der Waals surface area contributed by atoms with Gasteiger partial charge in [-0.2, -0.15) is 5.10 Å². The van der Waals surface area contributed by atoms with Crippen molar-refractivity contribution in [2.24, 2.45) is 0 Å². The van der Waals surface area contributed by atoms with E-state index in [9.17, 15) is 4.79 Å². The van der Waals surface area contributed by atoms with E-state index in [1.54, 1.807) is 25.4 Å². The van der Waals surface area contributed by atoms with Gasteiger partial charge < -0.3 is 5.32 Å². The van der Waals surface area contributed by atoms with Gasteiger partial charge in [0.15, 0.2) is 5.65 Å². The monoisotopic (exact) mass is 426 g/mol. The van der Waals surface area contributed by atoms with Crippen LogP contribution in [0.5, 0.6) is 0 Å². The fraction of sp³-hybridized carbons (Fsp3) is 0.160. The summed E-state index contributed by atoms with van der Waals surface area (Å²) < 4.78 is 1.91. The molecular weight excluding hydrogens is 408 g/mol. The van der Waals surface area contributed by atoms with Gasteiger partial charge >= 0.3 is 0 Å². The standard InChI is InChI=1S/C25H19ClN4O/c1-27-25(31)19-5-2-16(3-6-19)4-7-20-15-28-30-23(18-8-9-18)14-22(29-24(20)30)17-10-12-21(26)13-11-17/h2-3,5-6,10-15,18H,8-9H2,1H3,(H,27,31). The summed E-state index contributed by atoms with van der Waals surface area (Å²) in [5.74, 6) is 6.76. The summed E-state index contributed by atoms with van der Waals surface area (Å²) >= 11 is 6.05. The Kier molecular flexibility index (Phi) is 4.93. The fourth-order valence-corrected chi connectivity index (χ4v) is 3.63. The molecule has 0 bridgehead atoms. The Balaban J connectivity index is 1.55. The Morgan fingerprint density at radius 2 is 1.84 bits per heavy atom. The maximum absolute atomic E-state index is 11.7. The number of rotatable bonds is 3. The molecule has 1 saturated carbocycles. The number of nitrogens with one attached hydrogen (secondary N) is 1. The van der Waals surface area contributed by atoms with E-state index in [1.165, 1.54) is 0 Å². The Labute approximate surface area is 185 Å². The lowest BCUT2D eigenvalue weighted by atomic mass is 10.1. The number of fused-ring (bicyclic) bond motifs is 1. The molecule has 1 amide bonds. The second kappa shape index (κ2) is 7.90. The second-order valence-corrected chi connectivity index (χ2v) is 7.98. The minimum atomic E-state index is -0.117. The van der Waals surface area contributed by atoms with Crippen molar-refractivity contribution in [3.8, 4) is 23.1 Å². The van der Waals surface area contributed by atoms with Crippen molar-refractivity contribution < 1.29 is 4.79 Å². The average Bonchev–Trinajstić information content (AvgIpc) is 3.57. The molecule has 0 radical (unpaired) electrons. The first-order chi connectivity index (χ1) is 15.1. The van der Waals surface area contributed by atoms with Crippen LogP contribution in [0.3, 0.4) is 0 Å². The van der Waals surface area contributed by atoms with Gasteiger partial charge in [0.05, 0.1) is 17.5 Å². The van der Waals surface area contributed by atoms with Crippen molar-refractivity contribution in [1.29, 1.82) is 0 Å². The van der Waals surface area contributed by atoms with Crippen LogP contribution in [0.25, 0.3) is 16.9 Å². The molecule has 4 aromatic rings. The molecule has 0 aliphatic heterocycles. The maximum Gasteiger partial charge on any atom is 0.251 e. The van der Waals surface area contributed by atoms with Gasteiger partial charge in [0, 0.05) is 40.4 Å². The Bertz CT molecular complexity index is 1340. The summed E-state index contributed by atoms with van der Waals surface area (Å²) in [4.78, 5) is 16.6. The van der Waals surface area contributed by atoms with E-state index >= 15 is 0 Å². The van der Waals surface area contributed by atoms with Gasteiger partial charge in [0.1, 0.15) is 0 Å². The van der Waals surface area contributed by atoms with Crippen LogP contribution in [-0.4, -0.2) is 27.6 Å². The van der Waals surface area contributed by atoms with E-state index in [0.29, 0.717) is 16.5 Å². The zero-order chi connectivity index (χ0) is 21.4. The van der Waals surface area contributed by atoms with E-state index in [-0.39, 0.29) is 5.91 Å². The van der Waals surface area contributed by atoms with Gasteiger partial charge in [0.25, 0.3) is 5.91 Å². The van der Waals surface area contributed by atoms with Gasteiger partial charge in [-0.05, 0) is 55.3 Å². The largest absolute Gasteiger partial charge is 0.355 e. The van der Waals surface area contributed by atoms with Crippen molar-refractivity contribution in [3.05, 3.63) is 88.2 Å². The number of aromatic nitrogens is 3. The van der Waals surface area contributed by atoms with Crippen molar-refractivity contribution in [2.45, 2.75) is 18.8 Å². The lowest BCUT2D eigenvalue weighted by Gasteiger charge is -2.08. The van der Waals surface area contributed by atoms with Gasteiger partial charge in [0.2, 0.25) is 0 Å². The molecule has 152 valence electrons. The number of amides is 1. The summed E-state index contributed by atoms with van der Waals surface area (Å²) in [6, 6.07) is 17.0. The van der Waals surface area contributed by atoms with Gasteiger partial charge in [-0.25, -0.2) is 9.50 Å². The molecule has 1 aliphatic rings. The lowest BCUT2D eigenvalue weighted by molar-refractivity contribution is 0.0963. The SMILES string of the molecule is CNC(=O)c1ccc(C#Cc2cnn3c(C4CC4)cc(-c4ccc(Cl)cc4)nc23)cc1. The molecule has 0 saturated heterocycles. The van der Waals surface area contributed by atoms with E-state index < -0.39 is 0 Å². The maximum atomic E-state index is 11.7. The highest BCUT2D eigenvalue weighted by atomic mass is 35.5. The fourth-order valence-electron chi connectivity index (χ4n) is 3.50. The van der Waals surface area contributed by atoms with Gasteiger partial charge in [-0.1, -0.05) is 35.6 Å². The van der Waals surface area contributed by atoms with Crippen LogP contribution in [0.1, 0.15) is 45.9 Å². The molecule has 1 aliphatic carbocycles. The minimum Gasteiger partial charge on any atom is -0.355 e. The highest BCUT2D eigenvalue weighted by molar-refractivity contribution is 6.30. The van der Waals surface area contributed by atoms with Crippen LogP contribution in [0, 0.1) is 11.8 Å². The van der Waals surface area contributed by atoms with Crippen LogP contribution in [0.2, 0.25) is 5.02 Å². The summed E-state index contributed by atoms with van der Waals surface area (Å²) in [5.41, 5.74) is 6.02. The highest BCUT2D eigenvalue weighted by Crippen LogP contribution is 2.41. The summed E-state index contributed by atoms with van der Waals surface area (Å²) in [6.45, 7) is 0. The van der Waals surface area contributed by atoms with Crippen molar-refractivity contribution >= 4 is 23.2 Å². The van der Waals surface area contributed by atoms with Crippen LogP contribution in [-0.2, 0) is 0 Å². The minimum absolute atomic E-state index is 0.117. The molecule has 1 N–H and O–H groups in total. The van der Waals surface area contributed by atoms with E-state index in [2.05, 4.69) is 28.3 Å². The molecule has 5 nitrogen and oxygen atoms in total. The van der Waals surface area contributed by atoms with Crippen molar-refractivity contribution in [1.82, 2.24) is 19.9 Å². The number of carbonyl (C=O) groups is 1. The molecule has 5 rings (SSSR count). The number of hydrogen-bond acceptors (Lipinski definition) is 3. The third-order valence-corrected chi connectivity index (χ3v) is 5.60. The number of halogens is 1. The second-order valence-electron chi connectivity index (χ2n) is 7.55. The van der Waals surface area contributed by atoms with Crippen molar-refractivity contribution in [2.75, 3.05) is 7.05 Å².